The van der Waals surface area contributed by atoms with Gasteiger partial charge in [0.05, 0.1) is 4.90 Å². The van der Waals surface area contributed by atoms with Crippen LogP contribution in [-0.4, -0.2) is 52.0 Å². The summed E-state index contributed by atoms with van der Waals surface area (Å²) >= 11 is 0. The average molecular weight is 535 g/mol. The fraction of sp³-hybridized carbons (Fsp3) is 0.160. The monoisotopic (exact) mass is 534 g/mol. The zero-order chi connectivity index (χ0) is 27.3. The third-order valence-electron chi connectivity index (χ3n) is 5.75. The van der Waals surface area contributed by atoms with Gasteiger partial charge in [-0.3, -0.25) is 5.41 Å². The summed E-state index contributed by atoms with van der Waals surface area (Å²) in [7, 11) is -2.21. The van der Waals surface area contributed by atoms with Crippen molar-refractivity contribution >= 4 is 22.0 Å². The molecule has 12 nitrogen and oxygen atoms in total. The van der Waals surface area contributed by atoms with Crippen LogP contribution in [0, 0.1) is 5.41 Å². The van der Waals surface area contributed by atoms with Crippen molar-refractivity contribution in [2.45, 2.75) is 17.9 Å². The third kappa shape index (κ3) is 6.38. The number of aromatic nitrogens is 4. The largest absolute Gasteiger partial charge is 0.415 e. The molecule has 4 aromatic rings. The van der Waals surface area contributed by atoms with Crippen molar-refractivity contribution in [2.75, 3.05) is 6.54 Å². The summed E-state index contributed by atoms with van der Waals surface area (Å²) < 4.78 is 31.1. The first-order valence-electron chi connectivity index (χ1n) is 11.5. The van der Waals surface area contributed by atoms with Gasteiger partial charge in [0.25, 0.3) is 0 Å². The molecule has 1 amide bonds. The number of nitrogens with one attached hydrogen (secondary N) is 1. The van der Waals surface area contributed by atoms with Gasteiger partial charge in [-0.25, -0.2) is 23.0 Å². The number of nitrogens with two attached hydrogens (primary N) is 2. The second kappa shape index (κ2) is 11.2. The number of hydrogen-bond acceptors (Lipinski definition) is 8. The molecule has 0 aliphatic rings. The van der Waals surface area contributed by atoms with Crippen molar-refractivity contribution in [1.82, 2.24) is 25.1 Å². The zero-order valence-electron chi connectivity index (χ0n) is 20.5. The number of aryl methyl sites for hydroxylation is 1. The summed E-state index contributed by atoms with van der Waals surface area (Å²) in [6.07, 6.45) is -0.222. The summed E-state index contributed by atoms with van der Waals surface area (Å²) in [4.78, 5) is 14.7. The average Bonchev–Trinajstić information content (AvgIpc) is 3.31. The number of ether oxygens (including phenoxy) is 1. The maximum absolute atomic E-state index is 13.2. The Morgan fingerprint density at radius 1 is 1.08 bits per heavy atom. The molecule has 4 rings (SSSR count). The zero-order valence-corrected chi connectivity index (χ0v) is 21.3. The molecule has 0 radical (unpaired) electrons. The first-order valence-corrected chi connectivity index (χ1v) is 13.0. The Hall–Kier alpha value is -4.62. The third-order valence-corrected chi connectivity index (χ3v) is 6.72. The smallest absolute Gasteiger partial charge is 0.410 e. The van der Waals surface area contributed by atoms with Crippen LogP contribution in [0.15, 0.2) is 77.7 Å². The minimum atomic E-state index is -3.92. The number of amides is 1. The van der Waals surface area contributed by atoms with Gasteiger partial charge in [-0.15, -0.1) is 5.10 Å². The number of nitrogen functional groups attached to an aromatic ring is 1. The molecule has 13 heteroatoms. The molecule has 1 heterocycles. The predicted octanol–water partition coefficient (Wildman–Crippen LogP) is 2.05. The maximum Gasteiger partial charge on any atom is 0.415 e. The summed E-state index contributed by atoms with van der Waals surface area (Å²) in [5.41, 5.74) is 7.97. The van der Waals surface area contributed by atoms with E-state index in [0.717, 1.165) is 5.56 Å². The van der Waals surface area contributed by atoms with Crippen molar-refractivity contribution in [3.05, 3.63) is 89.7 Å². The summed E-state index contributed by atoms with van der Waals surface area (Å²) in [5, 5.41) is 24.4. The van der Waals surface area contributed by atoms with Crippen LogP contribution < -0.4 is 15.6 Å². The summed E-state index contributed by atoms with van der Waals surface area (Å²) in [6.45, 7) is 0.461. The Kier molecular flexibility index (Phi) is 7.79. The van der Waals surface area contributed by atoms with E-state index in [1.165, 1.54) is 15.6 Å². The molecule has 0 atom stereocenters. The number of rotatable bonds is 9. The number of tetrazole rings is 1. The fourth-order valence-corrected chi connectivity index (χ4v) is 4.57. The quantitative estimate of drug-likeness (QED) is 0.215. The van der Waals surface area contributed by atoms with Gasteiger partial charge in [-0.2, -0.15) is 0 Å². The molecular weight excluding hydrogens is 508 g/mol. The van der Waals surface area contributed by atoms with E-state index in [1.807, 2.05) is 6.07 Å². The van der Waals surface area contributed by atoms with Crippen LogP contribution in [0.4, 0.5) is 4.79 Å². The Balaban J connectivity index is 1.54. The van der Waals surface area contributed by atoms with Crippen LogP contribution in [0.5, 0.6) is 5.75 Å². The second-order valence-corrected chi connectivity index (χ2v) is 9.97. The first kappa shape index (κ1) is 26.4. The lowest BCUT2D eigenvalue weighted by molar-refractivity contribution is 0.149. The van der Waals surface area contributed by atoms with Gasteiger partial charge in [-0.05, 0) is 45.8 Å². The normalized spacial score (nSPS) is 11.2. The minimum absolute atomic E-state index is 0.00183. The molecule has 1 aromatic heterocycles. The topological polar surface area (TPSA) is 183 Å². The molecule has 0 unspecified atom stereocenters. The van der Waals surface area contributed by atoms with Crippen molar-refractivity contribution in [3.63, 3.8) is 0 Å². The number of carbonyl (C=O) groups is 1. The Bertz CT molecular complexity index is 1570. The van der Waals surface area contributed by atoms with Gasteiger partial charge >= 0.3 is 6.09 Å². The van der Waals surface area contributed by atoms with E-state index in [-0.39, 0.29) is 29.6 Å². The van der Waals surface area contributed by atoms with E-state index in [4.69, 9.17) is 21.0 Å². The highest BCUT2D eigenvalue weighted by Crippen LogP contribution is 2.28. The van der Waals surface area contributed by atoms with E-state index < -0.39 is 16.1 Å². The number of sulfonamides is 1. The molecule has 0 spiro atoms. The van der Waals surface area contributed by atoms with E-state index >= 15 is 0 Å². The van der Waals surface area contributed by atoms with Crippen LogP contribution in [-0.2, 0) is 30.0 Å². The molecule has 0 aliphatic heterocycles. The van der Waals surface area contributed by atoms with Gasteiger partial charge in [-0.1, -0.05) is 48.5 Å². The van der Waals surface area contributed by atoms with Crippen LogP contribution in [0.25, 0.3) is 11.1 Å². The molecule has 0 aliphatic carbocycles. The standard InChI is InChI=1S/C25H26N8O4S/c1-32-23(29-30-31-32)13-14-33(16-17-5-4-6-19(15-17)24(26)27)25(34)37-20-11-9-18(10-12-20)21-7-2-3-8-22(21)38(28,35)36/h2-12,15H,13-14,16H2,1H3,(H3,26,27)(H2,28,35,36). The van der Waals surface area contributed by atoms with Crippen LogP contribution >= 0.6 is 0 Å². The lowest BCUT2D eigenvalue weighted by Gasteiger charge is -2.22. The van der Waals surface area contributed by atoms with Crippen LogP contribution in [0.3, 0.4) is 0 Å². The Morgan fingerprint density at radius 2 is 1.82 bits per heavy atom. The van der Waals surface area contributed by atoms with E-state index in [0.29, 0.717) is 28.9 Å². The van der Waals surface area contributed by atoms with Crippen molar-refractivity contribution in [1.29, 1.82) is 5.41 Å². The molecule has 0 saturated heterocycles. The van der Waals surface area contributed by atoms with Crippen molar-refractivity contribution < 1.29 is 17.9 Å². The lowest BCUT2D eigenvalue weighted by Crippen LogP contribution is -2.35. The number of primary sulfonamides is 1. The minimum Gasteiger partial charge on any atom is -0.410 e. The Labute approximate surface area is 219 Å². The van der Waals surface area contributed by atoms with Gasteiger partial charge in [0.2, 0.25) is 10.0 Å². The molecule has 0 saturated carbocycles. The molecule has 0 fully saturated rings. The maximum atomic E-state index is 13.2. The first-order chi connectivity index (χ1) is 18.1. The fourth-order valence-electron chi connectivity index (χ4n) is 3.81. The highest BCUT2D eigenvalue weighted by atomic mass is 32.2. The number of carbonyl (C=O) groups excluding carboxylic acids is 1. The van der Waals surface area contributed by atoms with Crippen molar-refractivity contribution in [3.8, 4) is 16.9 Å². The van der Waals surface area contributed by atoms with E-state index in [1.54, 1.807) is 67.7 Å². The summed E-state index contributed by atoms with van der Waals surface area (Å²) in [5.74, 6) is 0.794. The second-order valence-electron chi connectivity index (χ2n) is 8.44. The van der Waals surface area contributed by atoms with Gasteiger partial charge < -0.3 is 15.4 Å². The van der Waals surface area contributed by atoms with Gasteiger partial charge in [0.15, 0.2) is 5.82 Å². The molecule has 5 N–H and O–H groups in total. The number of nitrogens with zero attached hydrogens (tertiary/aromatic N) is 5. The van der Waals surface area contributed by atoms with E-state index in [9.17, 15) is 13.2 Å². The lowest BCUT2D eigenvalue weighted by atomic mass is 10.1. The number of amidine groups is 1. The van der Waals surface area contributed by atoms with E-state index in [2.05, 4.69) is 15.5 Å². The predicted molar refractivity (Wildman–Crippen MR) is 140 cm³/mol. The highest BCUT2D eigenvalue weighted by molar-refractivity contribution is 7.89. The summed E-state index contributed by atoms with van der Waals surface area (Å²) in [6, 6.07) is 19.9. The molecule has 38 heavy (non-hydrogen) atoms. The number of benzene rings is 3. The highest BCUT2D eigenvalue weighted by Gasteiger charge is 2.19. The van der Waals surface area contributed by atoms with Crippen LogP contribution in [0.2, 0.25) is 0 Å². The molecule has 0 bridgehead atoms. The SMILES string of the molecule is Cn1nnnc1CCN(Cc1cccc(C(=N)N)c1)C(=O)Oc1ccc(-c2ccccc2S(N)(=O)=O)cc1. The van der Waals surface area contributed by atoms with Gasteiger partial charge in [0, 0.05) is 37.7 Å². The molecule has 196 valence electrons. The Morgan fingerprint density at radius 3 is 2.47 bits per heavy atom. The molecular formula is C25H26N8O4S. The van der Waals surface area contributed by atoms with Crippen LogP contribution in [0.1, 0.15) is 17.0 Å². The number of hydrogen-bond donors (Lipinski definition) is 3. The van der Waals surface area contributed by atoms with Crippen molar-refractivity contribution in [2.24, 2.45) is 17.9 Å². The molecule has 3 aromatic carbocycles. The van der Waals surface area contributed by atoms with Gasteiger partial charge in [0.1, 0.15) is 11.6 Å².